The van der Waals surface area contributed by atoms with E-state index in [1.54, 1.807) is 11.0 Å². The number of carbonyl (C=O) groups excluding carboxylic acids is 1. The van der Waals surface area contributed by atoms with E-state index in [-0.39, 0.29) is 95.9 Å². The second-order valence-electron chi connectivity index (χ2n) is 16.6. The fourth-order valence-electron chi connectivity index (χ4n) is 10.6. The zero-order valence-corrected chi connectivity index (χ0v) is 34.4. The molecule has 9 rings (SSSR count). The number of carbonyl (C=O) groups is 1. The first kappa shape index (κ1) is 39.5. The highest BCUT2D eigenvalue weighted by atomic mass is 35.5. The van der Waals surface area contributed by atoms with Gasteiger partial charge >= 0.3 is 12.0 Å². The lowest BCUT2D eigenvalue weighted by Crippen LogP contribution is -2.74. The number of nitrogens with zero attached hydrogens (tertiary/aromatic N) is 10. The molecule has 3 aromatic heterocycles. The van der Waals surface area contributed by atoms with E-state index in [1.807, 2.05) is 24.8 Å². The van der Waals surface area contributed by atoms with Gasteiger partial charge in [0.15, 0.2) is 5.82 Å². The molecule has 4 saturated heterocycles. The summed E-state index contributed by atoms with van der Waals surface area (Å²) in [5.41, 5.74) is 5.00. The third-order valence-corrected chi connectivity index (χ3v) is 14.1. The van der Waals surface area contributed by atoms with Gasteiger partial charge in [-0.05, 0) is 66.9 Å². The number of amides is 1. The predicted molar refractivity (Wildman–Crippen MR) is 217 cm³/mol. The van der Waals surface area contributed by atoms with Crippen LogP contribution in [0.5, 0.6) is 6.01 Å². The van der Waals surface area contributed by atoms with Gasteiger partial charge in [0.2, 0.25) is 5.28 Å². The monoisotopic (exact) mass is 863 g/mol. The Morgan fingerprint density at radius 1 is 1.17 bits per heavy atom. The van der Waals surface area contributed by atoms with Crippen molar-refractivity contribution in [3.05, 3.63) is 52.0 Å². The van der Waals surface area contributed by atoms with Gasteiger partial charge in [-0.3, -0.25) is 4.90 Å². The summed E-state index contributed by atoms with van der Waals surface area (Å²) in [5.74, 6) is -1.32. The molecule has 0 bridgehead atoms. The summed E-state index contributed by atoms with van der Waals surface area (Å²) in [4.78, 5) is 33.0. The third-order valence-electron chi connectivity index (χ3n) is 12.6. The van der Waals surface area contributed by atoms with Gasteiger partial charge in [-0.1, -0.05) is 31.5 Å². The van der Waals surface area contributed by atoms with Crippen LogP contribution in [0.25, 0.3) is 32.1 Å². The normalized spacial score (nSPS) is 25.5. The van der Waals surface area contributed by atoms with Crippen LogP contribution in [-0.2, 0) is 0 Å². The number of ether oxygens (including phenoxy) is 1. The number of nitriles is 2. The number of nitrogens with two attached hydrogens (primary N) is 1. The number of alkyl halides is 1. The summed E-state index contributed by atoms with van der Waals surface area (Å²) in [6.07, 6.45) is 3.04. The number of rotatable bonds is 7. The molecule has 4 fully saturated rings. The number of hydrogen-bond donors (Lipinski definition) is 1. The molecule has 19 heteroatoms. The second kappa shape index (κ2) is 14.7. The lowest BCUT2D eigenvalue weighted by molar-refractivity contribution is -0.0840. The number of anilines is 2. The topological polar surface area (TPSA) is 166 Å². The molecule has 5 aromatic rings. The minimum Gasteiger partial charge on any atom is -0.461 e. The van der Waals surface area contributed by atoms with E-state index in [0.717, 1.165) is 35.4 Å². The van der Waals surface area contributed by atoms with Gasteiger partial charge in [-0.15, -0.1) is 16.4 Å². The van der Waals surface area contributed by atoms with Crippen LogP contribution < -0.4 is 15.4 Å². The number of piperidine rings is 1. The molecule has 13 nitrogen and oxygen atoms in total. The van der Waals surface area contributed by atoms with E-state index in [0.29, 0.717) is 44.8 Å². The molecule has 0 saturated carbocycles. The molecular formula is C40H38Cl2F3N11O2S. The number of hydrogen-bond acceptors (Lipinski definition) is 12. The van der Waals surface area contributed by atoms with Gasteiger partial charge in [-0.25, -0.2) is 22.9 Å². The van der Waals surface area contributed by atoms with Crippen molar-refractivity contribution in [1.82, 2.24) is 34.5 Å². The average molecular weight is 865 g/mol. The van der Waals surface area contributed by atoms with Crippen LogP contribution in [0.4, 0.5) is 28.8 Å². The number of nitrogen functional groups attached to an aromatic ring is 1. The summed E-state index contributed by atoms with van der Waals surface area (Å²) in [7, 11) is 0. The fourth-order valence-corrected chi connectivity index (χ4v) is 11.9. The van der Waals surface area contributed by atoms with E-state index < -0.39 is 28.8 Å². The fraction of sp³-hybridized carbons (Fsp3) is 0.475. The Kier molecular flexibility index (Phi) is 9.82. The molecule has 3 unspecified atom stereocenters. The van der Waals surface area contributed by atoms with E-state index in [4.69, 9.17) is 38.7 Å². The van der Waals surface area contributed by atoms with Gasteiger partial charge in [0.1, 0.15) is 47.3 Å². The first-order chi connectivity index (χ1) is 28.3. The van der Waals surface area contributed by atoms with Crippen molar-refractivity contribution in [2.45, 2.75) is 63.7 Å². The first-order valence-electron chi connectivity index (χ1n) is 19.4. The van der Waals surface area contributed by atoms with Gasteiger partial charge in [0.05, 0.1) is 26.9 Å². The Balaban J connectivity index is 1.18. The van der Waals surface area contributed by atoms with Crippen molar-refractivity contribution in [3.8, 4) is 29.3 Å². The van der Waals surface area contributed by atoms with Crippen molar-refractivity contribution in [1.29, 1.82) is 10.5 Å². The Labute approximate surface area is 351 Å². The molecule has 4 aliphatic rings. The van der Waals surface area contributed by atoms with Crippen LogP contribution in [0.15, 0.2) is 24.5 Å². The highest BCUT2D eigenvalue weighted by molar-refractivity contribution is 7.23. The van der Waals surface area contributed by atoms with Crippen LogP contribution in [0, 0.1) is 51.5 Å². The molecule has 5 atom stereocenters. The molecule has 2 aromatic carbocycles. The number of fused-ring (bicyclic) bond motifs is 3. The second-order valence-corrected chi connectivity index (χ2v) is 18.4. The minimum absolute atomic E-state index is 0.00682. The van der Waals surface area contributed by atoms with Crippen LogP contribution >= 0.6 is 34.5 Å². The van der Waals surface area contributed by atoms with E-state index in [9.17, 15) is 19.7 Å². The van der Waals surface area contributed by atoms with Crippen LogP contribution in [-0.4, -0.2) is 97.6 Å². The lowest BCUT2D eigenvalue weighted by atomic mass is 9.60. The Hall–Kier alpha value is -4.94. The highest BCUT2D eigenvalue weighted by Crippen LogP contribution is 2.52. The minimum atomic E-state index is -1.00. The summed E-state index contributed by atoms with van der Waals surface area (Å²) in [6.45, 7) is 6.29. The number of aromatic nitrogens is 5. The number of thiophene rings is 1. The van der Waals surface area contributed by atoms with E-state index in [1.165, 1.54) is 18.5 Å². The Bertz CT molecular complexity index is 2630. The Morgan fingerprint density at radius 2 is 1.98 bits per heavy atom. The Morgan fingerprint density at radius 3 is 2.71 bits per heavy atom. The molecule has 0 radical (unpaired) electrons. The van der Waals surface area contributed by atoms with Crippen molar-refractivity contribution in [2.75, 3.05) is 50.0 Å². The molecule has 1 spiro atoms. The molecule has 2 N–H and O–H groups in total. The molecule has 306 valence electrons. The summed E-state index contributed by atoms with van der Waals surface area (Å²) >= 11 is 13.9. The summed E-state index contributed by atoms with van der Waals surface area (Å²) in [6, 6.07) is 7.67. The van der Waals surface area contributed by atoms with Gasteiger partial charge in [0.25, 0.3) is 0 Å². The zero-order valence-electron chi connectivity index (χ0n) is 32.1. The third kappa shape index (κ3) is 6.40. The lowest BCUT2D eigenvalue weighted by Gasteiger charge is -2.63. The summed E-state index contributed by atoms with van der Waals surface area (Å²) in [5, 5.41) is 24.4. The average Bonchev–Trinajstić information content (AvgIpc) is 3.95. The SMILES string of the molecule is CC(C)C1N(C(=O)n2cnc(Cl)n2)CC12CC(CC#N)CN(c1nc(OC[C@@]34CCCN3C[C@H](F)C4)nc3c(F)c(-c4ccc(F)c5sc(N)c(C#N)c45)c(Cl)cc13)C2. The number of benzene rings is 2. The van der Waals surface area contributed by atoms with Gasteiger partial charge < -0.3 is 20.3 Å². The zero-order chi connectivity index (χ0) is 41.5. The molecule has 59 heavy (non-hydrogen) atoms. The van der Waals surface area contributed by atoms with Crippen LogP contribution in [0.1, 0.15) is 51.5 Å². The standard InChI is InChI=1S/C40H38Cl2F3N11O2S/c1-20(2)33-39(17-55(33)38(57)56-19-49-36(42)52-56)11-21(6-8-46)14-53(16-39)35-24-10-26(41)29(23-4-5-27(44)32-28(23)25(13-47)34(48)59-32)30(45)31(24)50-37(51-35)58-18-40-7-3-9-54(40)15-22(43)12-40/h4-5,10,19-22,33H,3,6-7,9,11-12,14-18,48H2,1-2H3/t21?,22-,33?,39?,40+/m1/s1. The molecule has 4 aliphatic heterocycles. The molecule has 1 amide bonds. The maximum atomic E-state index is 17.5. The van der Waals surface area contributed by atoms with Crippen molar-refractivity contribution < 1.29 is 22.7 Å². The maximum absolute atomic E-state index is 17.5. The first-order valence-corrected chi connectivity index (χ1v) is 21.0. The van der Waals surface area contributed by atoms with Crippen LogP contribution in [0.3, 0.4) is 0 Å². The predicted octanol–water partition coefficient (Wildman–Crippen LogP) is 7.83. The van der Waals surface area contributed by atoms with Gasteiger partial charge in [-0.2, -0.15) is 25.2 Å². The largest absolute Gasteiger partial charge is 0.461 e. The van der Waals surface area contributed by atoms with Crippen LogP contribution in [0.2, 0.25) is 10.3 Å². The molecule has 7 heterocycles. The van der Waals surface area contributed by atoms with Crippen molar-refractivity contribution in [3.63, 3.8) is 0 Å². The number of likely N-dealkylation sites (tertiary alicyclic amines) is 1. The van der Waals surface area contributed by atoms with Gasteiger partial charge in [0, 0.05) is 66.8 Å². The summed E-state index contributed by atoms with van der Waals surface area (Å²) < 4.78 is 55.0. The number of halogens is 5. The van der Waals surface area contributed by atoms with Crippen molar-refractivity contribution >= 4 is 72.4 Å². The van der Waals surface area contributed by atoms with E-state index >= 15 is 8.78 Å². The highest BCUT2D eigenvalue weighted by Gasteiger charge is 2.59. The van der Waals surface area contributed by atoms with Crippen molar-refractivity contribution in [2.24, 2.45) is 17.3 Å². The molecule has 0 aliphatic carbocycles. The molecular weight excluding hydrogens is 826 g/mol. The maximum Gasteiger partial charge on any atom is 0.346 e. The smallest absolute Gasteiger partial charge is 0.346 e. The quantitative estimate of drug-likeness (QED) is 0.169. The van der Waals surface area contributed by atoms with E-state index in [2.05, 4.69) is 26.0 Å².